The summed E-state index contributed by atoms with van der Waals surface area (Å²) in [5.74, 6) is 0.835. The van der Waals surface area contributed by atoms with E-state index in [1.54, 1.807) is 0 Å². The minimum absolute atomic E-state index is 0.157. The number of alkyl halides is 1. The van der Waals surface area contributed by atoms with Crippen molar-refractivity contribution in [1.29, 1.82) is 0 Å². The fourth-order valence-corrected chi connectivity index (χ4v) is 0.415. The van der Waals surface area contributed by atoms with Gasteiger partial charge in [0.05, 0.1) is 0 Å². The van der Waals surface area contributed by atoms with Crippen molar-refractivity contribution in [3.63, 3.8) is 0 Å². The number of hydrogen-bond donors (Lipinski definition) is 0. The van der Waals surface area contributed by atoms with Crippen molar-refractivity contribution in [2.24, 2.45) is 0 Å². The highest BCUT2D eigenvalue weighted by Gasteiger charge is 2.20. The molecule has 0 amide bonds. The van der Waals surface area contributed by atoms with Gasteiger partial charge in [0.2, 0.25) is 0 Å². The van der Waals surface area contributed by atoms with Crippen LogP contribution in [0.2, 0.25) is 0 Å². The average molecular weight is 175 g/mol. The van der Waals surface area contributed by atoms with Crippen LogP contribution in [0.3, 0.4) is 0 Å². The fraction of sp³-hybridized carbons (Fsp3) is 0.429. The van der Waals surface area contributed by atoms with Gasteiger partial charge in [-0.3, -0.25) is 4.79 Å². The minimum atomic E-state index is -1.23. The smallest absolute Gasteiger partial charge is 0.332 e. The molecule has 0 aliphatic carbocycles. The first-order valence-corrected chi connectivity index (χ1v) is 3.28. The Morgan fingerprint density at radius 2 is 2.27 bits per heavy atom. The van der Waals surface area contributed by atoms with E-state index in [1.165, 1.54) is 6.92 Å². The van der Waals surface area contributed by atoms with Crippen LogP contribution in [0.5, 0.6) is 0 Å². The molecule has 0 aromatic heterocycles. The second kappa shape index (κ2) is 4.75. The highest BCUT2D eigenvalue weighted by atomic mass is 35.5. The number of carbonyl (C=O) groups excluding carboxylic acids is 2. The van der Waals surface area contributed by atoms with E-state index in [4.69, 9.17) is 18.0 Å². The minimum Gasteiger partial charge on any atom is -0.451 e. The number of rotatable bonds is 3. The Labute approximate surface area is 69.7 Å². The van der Waals surface area contributed by atoms with Crippen LogP contribution in [0.25, 0.3) is 0 Å². The van der Waals surface area contributed by atoms with Crippen molar-refractivity contribution >= 4 is 23.4 Å². The number of Topliss-reactive ketones (excluding diaryl/α,β-unsaturated/α-hetero) is 1. The van der Waals surface area contributed by atoms with E-state index in [2.05, 4.69) is 10.7 Å². The standard InChI is InChI=1S/C7H7ClO3/c1-3-4-11-7(10)6(8)5(2)9/h1,6H,4H2,2H3. The van der Waals surface area contributed by atoms with Crippen LogP contribution in [0.1, 0.15) is 6.92 Å². The Kier molecular flexibility index (Phi) is 4.32. The zero-order valence-corrected chi connectivity index (χ0v) is 6.72. The Bertz CT molecular complexity index is 204. The van der Waals surface area contributed by atoms with E-state index in [9.17, 15) is 9.59 Å². The van der Waals surface area contributed by atoms with Crippen LogP contribution in [0, 0.1) is 12.3 Å². The molecule has 3 nitrogen and oxygen atoms in total. The van der Waals surface area contributed by atoms with Gasteiger partial charge in [0.25, 0.3) is 0 Å². The van der Waals surface area contributed by atoms with Gasteiger partial charge in [0, 0.05) is 0 Å². The molecule has 0 radical (unpaired) electrons. The van der Waals surface area contributed by atoms with Gasteiger partial charge in [-0.15, -0.1) is 18.0 Å². The molecule has 0 saturated carbocycles. The zero-order valence-electron chi connectivity index (χ0n) is 5.96. The summed E-state index contributed by atoms with van der Waals surface area (Å²) in [6.07, 6.45) is 4.80. The maximum atomic E-state index is 10.7. The summed E-state index contributed by atoms with van der Waals surface area (Å²) in [6.45, 7) is 1.05. The molecule has 60 valence electrons. The van der Waals surface area contributed by atoms with Gasteiger partial charge >= 0.3 is 5.97 Å². The van der Waals surface area contributed by atoms with E-state index in [0.717, 1.165) is 0 Å². The Morgan fingerprint density at radius 3 is 2.64 bits per heavy atom. The molecule has 1 atom stereocenters. The average Bonchev–Trinajstić information content (AvgIpc) is 1.98. The molecular weight excluding hydrogens is 168 g/mol. The van der Waals surface area contributed by atoms with Crippen molar-refractivity contribution in [3.05, 3.63) is 0 Å². The number of terminal acetylenes is 1. The lowest BCUT2D eigenvalue weighted by molar-refractivity contribution is -0.143. The monoisotopic (exact) mass is 174 g/mol. The van der Waals surface area contributed by atoms with Gasteiger partial charge < -0.3 is 4.74 Å². The molecule has 11 heavy (non-hydrogen) atoms. The molecule has 0 fully saturated rings. The van der Waals surface area contributed by atoms with Gasteiger partial charge in [0.15, 0.2) is 17.8 Å². The summed E-state index contributed by atoms with van der Waals surface area (Å²) in [6, 6.07) is 0. The van der Waals surface area contributed by atoms with Crippen LogP contribution < -0.4 is 0 Å². The highest BCUT2D eigenvalue weighted by Crippen LogP contribution is 1.99. The van der Waals surface area contributed by atoms with E-state index in [1.807, 2.05) is 0 Å². The largest absolute Gasteiger partial charge is 0.451 e. The number of esters is 1. The number of carbonyl (C=O) groups is 2. The molecule has 4 heteroatoms. The van der Waals surface area contributed by atoms with E-state index >= 15 is 0 Å². The first-order chi connectivity index (χ1) is 5.09. The van der Waals surface area contributed by atoms with Gasteiger partial charge in [-0.25, -0.2) is 4.79 Å². The first kappa shape index (κ1) is 9.99. The second-order valence-corrected chi connectivity index (χ2v) is 2.22. The number of halogens is 1. The molecule has 0 rings (SSSR count). The number of ether oxygens (including phenoxy) is 1. The summed E-state index contributed by atoms with van der Waals surface area (Å²) in [5, 5.41) is -1.23. The topological polar surface area (TPSA) is 43.4 Å². The summed E-state index contributed by atoms with van der Waals surface area (Å²) in [4.78, 5) is 21.1. The van der Waals surface area contributed by atoms with Gasteiger partial charge in [-0.1, -0.05) is 5.92 Å². The van der Waals surface area contributed by atoms with Crippen LogP contribution >= 0.6 is 11.6 Å². The third kappa shape index (κ3) is 3.64. The summed E-state index contributed by atoms with van der Waals surface area (Å²) >= 11 is 5.31. The molecule has 0 saturated heterocycles. The van der Waals surface area contributed by atoms with Crippen LogP contribution in [0.4, 0.5) is 0 Å². The quantitative estimate of drug-likeness (QED) is 0.269. The maximum Gasteiger partial charge on any atom is 0.332 e. The predicted molar refractivity (Wildman–Crippen MR) is 40.1 cm³/mol. The zero-order chi connectivity index (χ0) is 8.85. The molecule has 1 unspecified atom stereocenters. The molecular formula is C7H7ClO3. The summed E-state index contributed by atoms with van der Waals surface area (Å²) in [5.41, 5.74) is 0. The fourth-order valence-electron chi connectivity index (χ4n) is 0.352. The van der Waals surface area contributed by atoms with Crippen molar-refractivity contribution in [2.75, 3.05) is 6.61 Å². The molecule has 0 aliphatic rings. The lowest BCUT2D eigenvalue weighted by Gasteiger charge is -2.02. The maximum absolute atomic E-state index is 10.7. The van der Waals surface area contributed by atoms with Crippen molar-refractivity contribution in [1.82, 2.24) is 0 Å². The van der Waals surface area contributed by atoms with Crippen molar-refractivity contribution in [3.8, 4) is 12.3 Å². The van der Waals surface area contributed by atoms with E-state index in [-0.39, 0.29) is 6.61 Å². The Hall–Kier alpha value is -1.01. The lowest BCUT2D eigenvalue weighted by atomic mass is 10.3. The second-order valence-electron chi connectivity index (χ2n) is 1.79. The molecule has 0 spiro atoms. The van der Waals surface area contributed by atoms with E-state index < -0.39 is 17.1 Å². The molecule has 0 aromatic rings. The van der Waals surface area contributed by atoms with E-state index in [0.29, 0.717) is 0 Å². The predicted octanol–water partition coefficient (Wildman–Crippen LogP) is 0.359. The SMILES string of the molecule is C#CCOC(=O)C(Cl)C(C)=O. The molecule has 0 aliphatic heterocycles. The van der Waals surface area contributed by atoms with Gasteiger partial charge in [-0.05, 0) is 6.92 Å². The van der Waals surface area contributed by atoms with Crippen LogP contribution in [-0.2, 0) is 14.3 Å². The summed E-state index contributed by atoms with van der Waals surface area (Å²) in [7, 11) is 0. The number of hydrogen-bond acceptors (Lipinski definition) is 3. The molecule has 0 N–H and O–H groups in total. The molecule has 0 aromatic carbocycles. The third-order valence-electron chi connectivity index (χ3n) is 0.862. The molecule has 0 bridgehead atoms. The number of ketones is 1. The normalized spacial score (nSPS) is 11.4. The van der Waals surface area contributed by atoms with Crippen LogP contribution in [-0.4, -0.2) is 23.7 Å². The van der Waals surface area contributed by atoms with Crippen molar-refractivity contribution in [2.45, 2.75) is 12.3 Å². The Balaban J connectivity index is 3.85. The Morgan fingerprint density at radius 1 is 1.73 bits per heavy atom. The first-order valence-electron chi connectivity index (χ1n) is 2.84. The highest BCUT2D eigenvalue weighted by molar-refractivity contribution is 6.40. The van der Waals surface area contributed by atoms with Crippen molar-refractivity contribution < 1.29 is 14.3 Å². The van der Waals surface area contributed by atoms with Crippen LogP contribution in [0.15, 0.2) is 0 Å². The third-order valence-corrected chi connectivity index (χ3v) is 1.35. The lowest BCUT2D eigenvalue weighted by Crippen LogP contribution is -2.24. The van der Waals surface area contributed by atoms with Gasteiger partial charge in [0.1, 0.15) is 0 Å². The molecule has 0 heterocycles. The summed E-state index contributed by atoms with van der Waals surface area (Å²) < 4.78 is 4.39. The van der Waals surface area contributed by atoms with Gasteiger partial charge in [-0.2, -0.15) is 0 Å².